The monoisotopic (exact) mass is 297 g/mol. The lowest BCUT2D eigenvalue weighted by Gasteiger charge is -2.22. The van der Waals surface area contributed by atoms with Crippen molar-refractivity contribution >= 4 is 29.0 Å². The fourth-order valence-corrected chi connectivity index (χ4v) is 2.22. The van der Waals surface area contributed by atoms with E-state index in [0.717, 1.165) is 12.8 Å². The van der Waals surface area contributed by atoms with Crippen LogP contribution in [0.2, 0.25) is 5.02 Å². The number of benzene rings is 1. The van der Waals surface area contributed by atoms with Crippen molar-refractivity contribution in [2.75, 3.05) is 11.9 Å². The Labute approximate surface area is 121 Å². The molecule has 1 aliphatic heterocycles. The summed E-state index contributed by atoms with van der Waals surface area (Å²) in [5.74, 6) is -0.247. The molecular weight excluding hydrogens is 282 g/mol. The van der Waals surface area contributed by atoms with Crippen LogP contribution >= 0.6 is 11.6 Å². The molecule has 6 nitrogen and oxygen atoms in total. The Morgan fingerprint density at radius 1 is 1.50 bits per heavy atom. The van der Waals surface area contributed by atoms with Crippen molar-refractivity contribution in [3.05, 3.63) is 28.8 Å². The molecule has 0 aromatic heterocycles. The van der Waals surface area contributed by atoms with Crippen LogP contribution in [0.3, 0.4) is 0 Å². The van der Waals surface area contributed by atoms with Gasteiger partial charge in [0.1, 0.15) is 6.10 Å². The molecule has 1 fully saturated rings. The van der Waals surface area contributed by atoms with Crippen LogP contribution in [0.1, 0.15) is 24.8 Å². The summed E-state index contributed by atoms with van der Waals surface area (Å²) in [4.78, 5) is 12.0. The highest BCUT2D eigenvalue weighted by Gasteiger charge is 2.22. The van der Waals surface area contributed by atoms with Gasteiger partial charge in [0.25, 0.3) is 5.91 Å². The number of hydrogen-bond donors (Lipinski definition) is 3. The van der Waals surface area contributed by atoms with E-state index < -0.39 is 6.10 Å². The van der Waals surface area contributed by atoms with Crippen molar-refractivity contribution in [3.8, 4) is 0 Å². The Kier molecular flexibility index (Phi) is 4.81. The Bertz CT molecular complexity index is 528. The number of rotatable bonds is 3. The Hall–Kier alpha value is -1.79. The van der Waals surface area contributed by atoms with Crippen LogP contribution in [-0.2, 0) is 9.53 Å². The summed E-state index contributed by atoms with van der Waals surface area (Å²) in [7, 11) is 0. The summed E-state index contributed by atoms with van der Waals surface area (Å²) < 4.78 is 5.40. The first-order valence-electron chi connectivity index (χ1n) is 6.31. The number of nitrogens with one attached hydrogen (secondary N) is 1. The number of oxime groups is 1. The topological polar surface area (TPSA) is 96.9 Å². The summed E-state index contributed by atoms with van der Waals surface area (Å²) >= 11 is 6.07. The van der Waals surface area contributed by atoms with Gasteiger partial charge in [0.15, 0.2) is 5.84 Å². The number of nitrogens with two attached hydrogens (primary N) is 1. The number of amidine groups is 1. The molecule has 1 aromatic carbocycles. The van der Waals surface area contributed by atoms with Gasteiger partial charge in [-0.3, -0.25) is 4.79 Å². The highest BCUT2D eigenvalue weighted by molar-refractivity contribution is 6.34. The third-order valence-electron chi connectivity index (χ3n) is 3.10. The molecule has 7 heteroatoms. The summed E-state index contributed by atoms with van der Waals surface area (Å²) in [6, 6.07) is 4.74. The van der Waals surface area contributed by atoms with Crippen LogP contribution in [0, 0.1) is 0 Å². The van der Waals surface area contributed by atoms with E-state index in [9.17, 15) is 4.79 Å². The molecule has 0 spiro atoms. The van der Waals surface area contributed by atoms with Gasteiger partial charge in [0.2, 0.25) is 0 Å². The second-order valence-corrected chi connectivity index (χ2v) is 4.93. The zero-order valence-corrected chi connectivity index (χ0v) is 11.6. The van der Waals surface area contributed by atoms with Gasteiger partial charge in [0, 0.05) is 12.2 Å². The molecule has 1 saturated heterocycles. The van der Waals surface area contributed by atoms with Gasteiger partial charge >= 0.3 is 0 Å². The molecule has 1 aliphatic rings. The maximum absolute atomic E-state index is 12.0. The second kappa shape index (κ2) is 6.58. The summed E-state index contributed by atoms with van der Waals surface area (Å²) in [5.41, 5.74) is 6.41. The number of nitrogens with zero attached hydrogens (tertiary/aromatic N) is 1. The van der Waals surface area contributed by atoms with Gasteiger partial charge in [-0.15, -0.1) is 0 Å². The lowest BCUT2D eigenvalue weighted by molar-refractivity contribution is -0.129. The second-order valence-electron chi connectivity index (χ2n) is 4.52. The minimum atomic E-state index is -0.427. The van der Waals surface area contributed by atoms with Crippen LogP contribution in [-0.4, -0.2) is 29.7 Å². The smallest absolute Gasteiger partial charge is 0.253 e. The number of anilines is 1. The van der Waals surface area contributed by atoms with Crippen molar-refractivity contribution in [2.45, 2.75) is 25.4 Å². The first-order valence-corrected chi connectivity index (χ1v) is 6.69. The summed E-state index contributed by atoms with van der Waals surface area (Å²) in [6.45, 7) is 0.605. The molecule has 1 aromatic rings. The Morgan fingerprint density at radius 3 is 2.90 bits per heavy atom. The van der Waals surface area contributed by atoms with E-state index in [-0.39, 0.29) is 11.7 Å². The predicted octanol–water partition coefficient (Wildman–Crippen LogP) is 1.94. The van der Waals surface area contributed by atoms with E-state index in [2.05, 4.69) is 10.5 Å². The number of carbonyl (C=O) groups is 1. The predicted molar refractivity (Wildman–Crippen MR) is 76.2 cm³/mol. The van der Waals surface area contributed by atoms with Crippen LogP contribution in [0.15, 0.2) is 23.4 Å². The average molecular weight is 298 g/mol. The van der Waals surface area contributed by atoms with Crippen LogP contribution < -0.4 is 11.1 Å². The first-order chi connectivity index (χ1) is 9.61. The van der Waals surface area contributed by atoms with E-state index >= 15 is 0 Å². The molecule has 2 rings (SSSR count). The minimum absolute atomic E-state index is 0.0413. The molecule has 1 amide bonds. The maximum atomic E-state index is 12.0. The highest BCUT2D eigenvalue weighted by atomic mass is 35.5. The zero-order valence-electron chi connectivity index (χ0n) is 10.8. The SMILES string of the molecule is N/C(=N/O)c1ccc(NC(=O)C2CCCCO2)c(Cl)c1. The van der Waals surface area contributed by atoms with Gasteiger partial charge in [-0.05, 0) is 37.5 Å². The Balaban J connectivity index is 2.07. The van der Waals surface area contributed by atoms with E-state index in [4.69, 9.17) is 27.3 Å². The van der Waals surface area contributed by atoms with Crippen LogP contribution in [0.5, 0.6) is 0 Å². The van der Waals surface area contributed by atoms with Crippen molar-refractivity contribution in [2.24, 2.45) is 10.9 Å². The average Bonchev–Trinajstić information content (AvgIpc) is 2.49. The van der Waals surface area contributed by atoms with Gasteiger partial charge in [-0.1, -0.05) is 16.8 Å². The third-order valence-corrected chi connectivity index (χ3v) is 3.42. The highest BCUT2D eigenvalue weighted by Crippen LogP contribution is 2.24. The number of hydrogen-bond acceptors (Lipinski definition) is 4. The number of ether oxygens (including phenoxy) is 1. The van der Waals surface area contributed by atoms with Crippen molar-refractivity contribution in [3.63, 3.8) is 0 Å². The molecule has 1 heterocycles. The molecule has 0 radical (unpaired) electrons. The maximum Gasteiger partial charge on any atom is 0.253 e. The van der Waals surface area contributed by atoms with E-state index in [1.807, 2.05) is 0 Å². The van der Waals surface area contributed by atoms with Crippen molar-refractivity contribution < 1.29 is 14.7 Å². The van der Waals surface area contributed by atoms with Gasteiger partial charge in [0.05, 0.1) is 10.7 Å². The summed E-state index contributed by atoms with van der Waals surface area (Å²) in [5, 5.41) is 14.5. The van der Waals surface area contributed by atoms with E-state index in [1.54, 1.807) is 12.1 Å². The quantitative estimate of drug-likeness (QED) is 0.344. The molecule has 20 heavy (non-hydrogen) atoms. The number of carbonyl (C=O) groups excluding carboxylic acids is 1. The van der Waals surface area contributed by atoms with Crippen LogP contribution in [0.4, 0.5) is 5.69 Å². The van der Waals surface area contributed by atoms with E-state index in [1.165, 1.54) is 6.07 Å². The van der Waals surface area contributed by atoms with Crippen molar-refractivity contribution in [1.29, 1.82) is 0 Å². The third kappa shape index (κ3) is 3.40. The molecule has 0 aliphatic carbocycles. The lowest BCUT2D eigenvalue weighted by atomic mass is 10.1. The first kappa shape index (κ1) is 14.6. The molecule has 0 saturated carbocycles. The fourth-order valence-electron chi connectivity index (χ4n) is 1.99. The van der Waals surface area contributed by atoms with Crippen molar-refractivity contribution in [1.82, 2.24) is 0 Å². The fraction of sp³-hybridized carbons (Fsp3) is 0.385. The zero-order chi connectivity index (χ0) is 14.5. The molecular formula is C13H16ClN3O3. The Morgan fingerprint density at radius 2 is 2.30 bits per heavy atom. The minimum Gasteiger partial charge on any atom is -0.409 e. The van der Waals surface area contributed by atoms with Crippen LogP contribution in [0.25, 0.3) is 0 Å². The van der Waals surface area contributed by atoms with E-state index in [0.29, 0.717) is 29.3 Å². The standard InChI is InChI=1S/C13H16ClN3O3/c14-9-7-8(12(15)17-19)4-5-10(9)16-13(18)11-3-1-2-6-20-11/h4-5,7,11,19H,1-3,6H2,(H2,15,17)(H,16,18). The number of amides is 1. The molecule has 108 valence electrons. The lowest BCUT2D eigenvalue weighted by Crippen LogP contribution is -2.33. The number of halogens is 1. The molecule has 4 N–H and O–H groups in total. The largest absolute Gasteiger partial charge is 0.409 e. The van der Waals surface area contributed by atoms with Gasteiger partial charge < -0.3 is 21.0 Å². The normalized spacial score (nSPS) is 19.6. The molecule has 1 unspecified atom stereocenters. The summed E-state index contributed by atoms with van der Waals surface area (Å²) in [6.07, 6.45) is 2.25. The van der Waals surface area contributed by atoms with Gasteiger partial charge in [-0.25, -0.2) is 0 Å². The molecule has 0 bridgehead atoms. The van der Waals surface area contributed by atoms with Gasteiger partial charge in [-0.2, -0.15) is 0 Å². The molecule has 1 atom stereocenters.